The lowest BCUT2D eigenvalue weighted by Crippen LogP contribution is -2.36. The standard InChI is InChI=1S/C23H23N3O3S/c27-22(17-8-10-19(11-9-17)29-14-18-15-30-16-24-18)25-21-7-3-2-6-20(21)23(28)26-12-4-1-5-13-26/h2-3,6-11,15-16H,1,4-5,12-14H2,(H,25,27). The molecule has 6 nitrogen and oxygen atoms in total. The molecule has 2 heterocycles. The molecule has 3 aromatic rings. The number of benzene rings is 2. The van der Waals surface area contributed by atoms with E-state index in [1.54, 1.807) is 41.9 Å². The van der Waals surface area contributed by atoms with E-state index in [-0.39, 0.29) is 11.8 Å². The van der Waals surface area contributed by atoms with Crippen LogP contribution >= 0.6 is 11.3 Å². The highest BCUT2D eigenvalue weighted by molar-refractivity contribution is 7.07. The number of hydrogen-bond donors (Lipinski definition) is 1. The molecule has 0 aliphatic carbocycles. The molecule has 1 aliphatic heterocycles. The fraction of sp³-hybridized carbons (Fsp3) is 0.261. The second-order valence-corrected chi connectivity index (χ2v) is 7.86. The Morgan fingerprint density at radius 1 is 1.03 bits per heavy atom. The van der Waals surface area contributed by atoms with E-state index < -0.39 is 0 Å². The van der Waals surface area contributed by atoms with Gasteiger partial charge in [0.1, 0.15) is 12.4 Å². The molecular weight excluding hydrogens is 398 g/mol. The second-order valence-electron chi connectivity index (χ2n) is 7.15. The van der Waals surface area contributed by atoms with Crippen molar-refractivity contribution in [2.24, 2.45) is 0 Å². The molecule has 4 rings (SSSR count). The lowest BCUT2D eigenvalue weighted by Gasteiger charge is -2.27. The van der Waals surface area contributed by atoms with Crippen LogP contribution in [0.15, 0.2) is 59.4 Å². The van der Waals surface area contributed by atoms with E-state index in [0.29, 0.717) is 29.2 Å². The Kier molecular flexibility index (Phi) is 6.39. The van der Waals surface area contributed by atoms with Crippen LogP contribution in [0.25, 0.3) is 0 Å². The number of carbonyl (C=O) groups is 2. The number of piperidine rings is 1. The van der Waals surface area contributed by atoms with Crippen molar-refractivity contribution >= 4 is 28.8 Å². The predicted octanol–water partition coefficient (Wildman–Crippen LogP) is 4.60. The Morgan fingerprint density at radius 2 is 1.80 bits per heavy atom. The van der Waals surface area contributed by atoms with E-state index in [4.69, 9.17) is 4.74 Å². The minimum atomic E-state index is -0.264. The summed E-state index contributed by atoms with van der Waals surface area (Å²) in [5, 5.41) is 4.82. The third-order valence-corrected chi connectivity index (χ3v) is 5.67. The van der Waals surface area contributed by atoms with Crippen LogP contribution in [0.5, 0.6) is 5.75 Å². The Hall–Kier alpha value is -3.19. The molecule has 7 heteroatoms. The van der Waals surface area contributed by atoms with Crippen LogP contribution in [-0.2, 0) is 6.61 Å². The zero-order chi connectivity index (χ0) is 20.8. The number of nitrogens with one attached hydrogen (secondary N) is 1. The zero-order valence-corrected chi connectivity index (χ0v) is 17.4. The van der Waals surface area contributed by atoms with Gasteiger partial charge in [-0.2, -0.15) is 0 Å². The minimum Gasteiger partial charge on any atom is -0.487 e. The van der Waals surface area contributed by atoms with Gasteiger partial charge in [0.05, 0.1) is 22.5 Å². The van der Waals surface area contributed by atoms with Crippen molar-refractivity contribution in [1.82, 2.24) is 9.88 Å². The van der Waals surface area contributed by atoms with Crippen LogP contribution in [0, 0.1) is 0 Å². The van der Waals surface area contributed by atoms with E-state index >= 15 is 0 Å². The summed E-state index contributed by atoms with van der Waals surface area (Å²) in [6, 6.07) is 14.1. The number of ether oxygens (including phenoxy) is 1. The van der Waals surface area contributed by atoms with Gasteiger partial charge in [-0.25, -0.2) is 4.98 Å². The normalized spacial score (nSPS) is 13.7. The molecular formula is C23H23N3O3S. The van der Waals surface area contributed by atoms with Crippen molar-refractivity contribution in [2.75, 3.05) is 18.4 Å². The summed E-state index contributed by atoms with van der Waals surface area (Å²) in [4.78, 5) is 31.7. The van der Waals surface area contributed by atoms with Gasteiger partial charge in [-0.15, -0.1) is 11.3 Å². The summed E-state index contributed by atoms with van der Waals surface area (Å²) in [5.41, 5.74) is 4.19. The third-order valence-electron chi connectivity index (χ3n) is 5.04. The number of likely N-dealkylation sites (tertiary alicyclic amines) is 1. The first-order valence-electron chi connectivity index (χ1n) is 10.0. The Balaban J connectivity index is 1.41. The van der Waals surface area contributed by atoms with Crippen LogP contribution in [0.3, 0.4) is 0 Å². The highest BCUT2D eigenvalue weighted by atomic mass is 32.1. The molecule has 1 saturated heterocycles. The number of nitrogens with zero attached hydrogens (tertiary/aromatic N) is 2. The molecule has 1 aromatic heterocycles. The molecule has 2 amide bonds. The maximum atomic E-state index is 12.9. The van der Waals surface area contributed by atoms with E-state index in [1.165, 1.54) is 11.3 Å². The molecule has 1 N–H and O–H groups in total. The predicted molar refractivity (Wildman–Crippen MR) is 117 cm³/mol. The molecule has 0 bridgehead atoms. The van der Waals surface area contributed by atoms with Crippen LogP contribution in [-0.4, -0.2) is 34.8 Å². The number of aromatic nitrogens is 1. The van der Waals surface area contributed by atoms with Crippen LogP contribution in [0.1, 0.15) is 45.7 Å². The average Bonchev–Trinajstić information content (AvgIpc) is 3.32. The van der Waals surface area contributed by atoms with Gasteiger partial charge < -0.3 is 15.0 Å². The van der Waals surface area contributed by atoms with Crippen LogP contribution in [0.2, 0.25) is 0 Å². The summed E-state index contributed by atoms with van der Waals surface area (Å²) in [7, 11) is 0. The quantitative estimate of drug-likeness (QED) is 0.631. The molecule has 30 heavy (non-hydrogen) atoms. The number of anilines is 1. The summed E-state index contributed by atoms with van der Waals surface area (Å²) in [6.45, 7) is 1.92. The molecule has 2 aromatic carbocycles. The first kappa shape index (κ1) is 20.1. The van der Waals surface area contributed by atoms with Gasteiger partial charge in [-0.3, -0.25) is 9.59 Å². The number of thiazole rings is 1. The maximum Gasteiger partial charge on any atom is 0.255 e. The SMILES string of the molecule is O=C(Nc1ccccc1C(=O)N1CCCCC1)c1ccc(OCc2cscn2)cc1. The molecule has 0 spiro atoms. The Bertz CT molecular complexity index is 997. The highest BCUT2D eigenvalue weighted by Crippen LogP contribution is 2.21. The fourth-order valence-electron chi connectivity index (χ4n) is 3.41. The lowest BCUT2D eigenvalue weighted by atomic mass is 10.1. The van der Waals surface area contributed by atoms with Crippen molar-refractivity contribution in [3.05, 3.63) is 76.2 Å². The van der Waals surface area contributed by atoms with Crippen molar-refractivity contribution in [2.45, 2.75) is 25.9 Å². The molecule has 1 fully saturated rings. The van der Waals surface area contributed by atoms with E-state index in [1.807, 2.05) is 22.4 Å². The number of para-hydroxylation sites is 1. The number of carbonyl (C=O) groups excluding carboxylic acids is 2. The first-order chi connectivity index (χ1) is 14.7. The Labute approximate surface area is 179 Å². The largest absolute Gasteiger partial charge is 0.487 e. The molecule has 0 unspecified atom stereocenters. The first-order valence-corrected chi connectivity index (χ1v) is 10.9. The van der Waals surface area contributed by atoms with Crippen molar-refractivity contribution in [3.8, 4) is 5.75 Å². The van der Waals surface area contributed by atoms with Gasteiger partial charge in [-0.1, -0.05) is 12.1 Å². The van der Waals surface area contributed by atoms with E-state index in [9.17, 15) is 9.59 Å². The summed E-state index contributed by atoms with van der Waals surface area (Å²) in [5.74, 6) is 0.372. The number of rotatable bonds is 6. The monoisotopic (exact) mass is 421 g/mol. The fourth-order valence-corrected chi connectivity index (χ4v) is 3.95. The topological polar surface area (TPSA) is 71.5 Å². The maximum absolute atomic E-state index is 12.9. The van der Waals surface area contributed by atoms with Crippen LogP contribution in [0.4, 0.5) is 5.69 Å². The van der Waals surface area contributed by atoms with Crippen molar-refractivity contribution in [3.63, 3.8) is 0 Å². The van der Waals surface area contributed by atoms with Crippen molar-refractivity contribution < 1.29 is 14.3 Å². The van der Waals surface area contributed by atoms with Crippen LogP contribution < -0.4 is 10.1 Å². The number of amides is 2. The molecule has 0 atom stereocenters. The highest BCUT2D eigenvalue weighted by Gasteiger charge is 2.21. The van der Waals surface area contributed by atoms with Gasteiger partial charge in [0.25, 0.3) is 11.8 Å². The van der Waals surface area contributed by atoms with Gasteiger partial charge in [0.2, 0.25) is 0 Å². The van der Waals surface area contributed by atoms with Gasteiger partial charge in [0.15, 0.2) is 0 Å². The molecule has 154 valence electrons. The number of hydrogen-bond acceptors (Lipinski definition) is 5. The summed E-state index contributed by atoms with van der Waals surface area (Å²) < 4.78 is 5.68. The Morgan fingerprint density at radius 3 is 2.53 bits per heavy atom. The van der Waals surface area contributed by atoms with E-state index in [2.05, 4.69) is 10.3 Å². The summed E-state index contributed by atoms with van der Waals surface area (Å²) >= 11 is 1.52. The molecule has 0 saturated carbocycles. The lowest BCUT2D eigenvalue weighted by molar-refractivity contribution is 0.0725. The molecule has 0 radical (unpaired) electrons. The molecule has 1 aliphatic rings. The van der Waals surface area contributed by atoms with Gasteiger partial charge >= 0.3 is 0 Å². The second kappa shape index (κ2) is 9.54. The minimum absolute atomic E-state index is 0.0311. The average molecular weight is 422 g/mol. The zero-order valence-electron chi connectivity index (χ0n) is 16.5. The van der Waals surface area contributed by atoms with Gasteiger partial charge in [-0.05, 0) is 55.7 Å². The van der Waals surface area contributed by atoms with E-state index in [0.717, 1.165) is 38.0 Å². The third kappa shape index (κ3) is 4.86. The smallest absolute Gasteiger partial charge is 0.255 e. The van der Waals surface area contributed by atoms with Gasteiger partial charge in [0, 0.05) is 24.0 Å². The van der Waals surface area contributed by atoms with Crippen molar-refractivity contribution in [1.29, 1.82) is 0 Å². The summed E-state index contributed by atoms with van der Waals surface area (Å²) in [6.07, 6.45) is 3.21.